The zero-order valence-corrected chi connectivity index (χ0v) is 14.3. The van der Waals surface area contributed by atoms with Crippen molar-refractivity contribution in [2.45, 2.75) is 18.4 Å². The van der Waals surface area contributed by atoms with E-state index in [1.54, 1.807) is 6.26 Å². The van der Waals surface area contributed by atoms with Crippen LogP contribution in [0.2, 0.25) is 0 Å². The molecule has 1 saturated heterocycles. The maximum absolute atomic E-state index is 12.6. The van der Waals surface area contributed by atoms with E-state index in [9.17, 15) is 9.90 Å². The van der Waals surface area contributed by atoms with Crippen LogP contribution in [0.1, 0.15) is 29.8 Å². The Balaban J connectivity index is 1.25. The minimum atomic E-state index is -0.477. The van der Waals surface area contributed by atoms with Crippen LogP contribution >= 0.6 is 0 Å². The minimum absolute atomic E-state index is 0.0904. The fourth-order valence-electron chi connectivity index (χ4n) is 3.70. The molecule has 5 nitrogen and oxygen atoms in total. The molecule has 1 aliphatic carbocycles. The minimum Gasteiger partial charge on any atom is -0.469 e. The molecule has 0 radical (unpaired) electrons. The summed E-state index contributed by atoms with van der Waals surface area (Å²) in [6.45, 7) is 3.72. The molecule has 2 heterocycles. The molecular weight excluding hydrogens is 316 g/mol. The average Bonchev–Trinajstić information content (AvgIpc) is 3.27. The van der Waals surface area contributed by atoms with Gasteiger partial charge in [0.2, 0.25) is 5.91 Å². The molecule has 0 bridgehead atoms. The van der Waals surface area contributed by atoms with E-state index in [-0.39, 0.29) is 17.7 Å². The summed E-state index contributed by atoms with van der Waals surface area (Å²) in [5.41, 5.74) is 0.945. The Morgan fingerprint density at radius 2 is 1.88 bits per heavy atom. The molecule has 132 valence electrons. The second kappa shape index (κ2) is 7.02. The Bertz CT molecular complexity index is 693. The van der Waals surface area contributed by atoms with Gasteiger partial charge in [-0.1, -0.05) is 30.3 Å². The lowest BCUT2D eigenvalue weighted by Crippen LogP contribution is -2.50. The van der Waals surface area contributed by atoms with Gasteiger partial charge in [-0.3, -0.25) is 9.69 Å². The number of carbonyl (C=O) groups excluding carboxylic acids is 1. The Kier molecular flexibility index (Phi) is 4.59. The molecule has 1 aliphatic heterocycles. The number of hydrogen-bond donors (Lipinski definition) is 1. The van der Waals surface area contributed by atoms with Gasteiger partial charge in [0, 0.05) is 44.6 Å². The van der Waals surface area contributed by atoms with Crippen molar-refractivity contribution in [2.24, 2.45) is 5.92 Å². The van der Waals surface area contributed by atoms with Crippen molar-refractivity contribution >= 4 is 5.91 Å². The van der Waals surface area contributed by atoms with Crippen LogP contribution in [-0.4, -0.2) is 53.5 Å². The molecule has 2 aliphatic rings. The van der Waals surface area contributed by atoms with Gasteiger partial charge < -0.3 is 14.4 Å². The van der Waals surface area contributed by atoms with Crippen molar-refractivity contribution in [1.82, 2.24) is 9.80 Å². The van der Waals surface area contributed by atoms with Crippen LogP contribution < -0.4 is 0 Å². The molecule has 3 atom stereocenters. The van der Waals surface area contributed by atoms with Crippen LogP contribution in [0.3, 0.4) is 0 Å². The van der Waals surface area contributed by atoms with E-state index in [1.165, 1.54) is 0 Å². The fourth-order valence-corrected chi connectivity index (χ4v) is 3.70. The van der Waals surface area contributed by atoms with Gasteiger partial charge >= 0.3 is 0 Å². The highest BCUT2D eigenvalue weighted by Crippen LogP contribution is 2.48. The van der Waals surface area contributed by atoms with Crippen LogP contribution in [0.4, 0.5) is 0 Å². The van der Waals surface area contributed by atoms with Crippen LogP contribution in [-0.2, 0) is 4.79 Å². The predicted molar refractivity (Wildman–Crippen MR) is 94.0 cm³/mol. The maximum atomic E-state index is 12.6. The Morgan fingerprint density at radius 1 is 1.12 bits per heavy atom. The summed E-state index contributed by atoms with van der Waals surface area (Å²) in [6.07, 6.45) is 2.10. The zero-order chi connectivity index (χ0) is 17.2. The predicted octanol–water partition coefficient (Wildman–Crippen LogP) is 2.26. The normalized spacial score (nSPS) is 24.9. The molecule has 2 aromatic rings. The van der Waals surface area contributed by atoms with Gasteiger partial charge in [-0.05, 0) is 24.1 Å². The fraction of sp³-hybridized carbons (Fsp3) is 0.450. The maximum Gasteiger partial charge on any atom is 0.226 e. The Morgan fingerprint density at radius 3 is 2.56 bits per heavy atom. The molecule has 0 unspecified atom stereocenters. The first-order chi connectivity index (χ1) is 12.2. The lowest BCUT2D eigenvalue weighted by molar-refractivity contribution is -0.134. The number of aliphatic hydroxyl groups is 1. The number of β-amino-alcohol motifs (C(OH)–C–C–N with tert-alkyl or cyclic N) is 1. The summed E-state index contributed by atoms with van der Waals surface area (Å²) >= 11 is 0. The topological polar surface area (TPSA) is 56.9 Å². The third kappa shape index (κ3) is 3.62. The van der Waals surface area contributed by atoms with Crippen molar-refractivity contribution in [1.29, 1.82) is 0 Å². The molecule has 4 rings (SSSR count). The molecule has 5 heteroatoms. The molecule has 1 aromatic heterocycles. The number of rotatable bonds is 5. The summed E-state index contributed by atoms with van der Waals surface area (Å²) < 4.78 is 5.42. The lowest BCUT2D eigenvalue weighted by Gasteiger charge is -2.35. The van der Waals surface area contributed by atoms with Gasteiger partial charge in [0.25, 0.3) is 0 Å². The monoisotopic (exact) mass is 340 g/mol. The number of carbonyl (C=O) groups is 1. The Hall–Kier alpha value is -2.11. The highest BCUT2D eigenvalue weighted by atomic mass is 16.3. The van der Waals surface area contributed by atoms with Crippen molar-refractivity contribution < 1.29 is 14.3 Å². The van der Waals surface area contributed by atoms with E-state index in [0.717, 1.165) is 43.9 Å². The number of piperazine rings is 1. The quantitative estimate of drug-likeness (QED) is 0.907. The first-order valence-corrected chi connectivity index (χ1v) is 9.00. The summed E-state index contributed by atoms with van der Waals surface area (Å²) in [5, 5.41) is 10.4. The summed E-state index contributed by atoms with van der Waals surface area (Å²) in [6, 6.07) is 13.6. The van der Waals surface area contributed by atoms with Gasteiger partial charge in [-0.15, -0.1) is 0 Å². The van der Waals surface area contributed by atoms with E-state index in [4.69, 9.17) is 4.42 Å². The molecule has 25 heavy (non-hydrogen) atoms. The zero-order valence-electron chi connectivity index (χ0n) is 14.3. The number of nitrogens with zero attached hydrogens (tertiary/aromatic N) is 2. The molecule has 2 fully saturated rings. The third-order valence-electron chi connectivity index (χ3n) is 5.32. The number of furan rings is 1. The summed E-state index contributed by atoms with van der Waals surface area (Å²) in [4.78, 5) is 16.8. The largest absolute Gasteiger partial charge is 0.469 e. The van der Waals surface area contributed by atoms with Gasteiger partial charge in [0.15, 0.2) is 0 Å². The number of aliphatic hydroxyl groups excluding tert-OH is 1. The second-order valence-corrected chi connectivity index (χ2v) is 7.02. The Labute approximate surface area is 147 Å². The van der Waals surface area contributed by atoms with Gasteiger partial charge in [-0.2, -0.15) is 0 Å². The van der Waals surface area contributed by atoms with Crippen molar-refractivity contribution in [3.63, 3.8) is 0 Å². The highest BCUT2D eigenvalue weighted by molar-refractivity contribution is 5.83. The third-order valence-corrected chi connectivity index (χ3v) is 5.32. The number of benzene rings is 1. The van der Waals surface area contributed by atoms with E-state index in [0.29, 0.717) is 6.54 Å². The average molecular weight is 340 g/mol. The highest BCUT2D eigenvalue weighted by Gasteiger charge is 2.47. The van der Waals surface area contributed by atoms with Gasteiger partial charge in [-0.25, -0.2) is 0 Å². The standard InChI is InChI=1S/C20H24N2O3/c23-18(15-5-2-1-3-6-15)14-21-8-10-22(11-9-21)20(24)17-13-16(17)19-7-4-12-25-19/h1-7,12,16-18,23H,8-11,13-14H2/t16-,17+,18-/m0/s1. The lowest BCUT2D eigenvalue weighted by atomic mass is 10.1. The van der Waals surface area contributed by atoms with E-state index in [1.807, 2.05) is 47.4 Å². The van der Waals surface area contributed by atoms with Crippen LogP contribution in [0, 0.1) is 5.92 Å². The first-order valence-electron chi connectivity index (χ1n) is 9.00. The van der Waals surface area contributed by atoms with Crippen molar-refractivity contribution in [3.8, 4) is 0 Å². The second-order valence-electron chi connectivity index (χ2n) is 7.02. The molecular formula is C20H24N2O3. The van der Waals surface area contributed by atoms with Crippen LogP contribution in [0.25, 0.3) is 0 Å². The molecule has 1 aromatic carbocycles. The molecule has 0 spiro atoms. The van der Waals surface area contributed by atoms with Crippen molar-refractivity contribution in [3.05, 3.63) is 60.1 Å². The van der Waals surface area contributed by atoms with Crippen LogP contribution in [0.15, 0.2) is 53.1 Å². The van der Waals surface area contributed by atoms with Crippen molar-refractivity contribution in [2.75, 3.05) is 32.7 Å². The number of hydrogen-bond acceptors (Lipinski definition) is 4. The molecule has 1 N–H and O–H groups in total. The van der Waals surface area contributed by atoms with Crippen LogP contribution in [0.5, 0.6) is 0 Å². The molecule has 1 amide bonds. The SMILES string of the molecule is O=C([C@@H]1C[C@@H]1c1ccco1)N1CCN(C[C@H](O)c2ccccc2)CC1. The van der Waals surface area contributed by atoms with E-state index >= 15 is 0 Å². The smallest absolute Gasteiger partial charge is 0.226 e. The molecule has 1 saturated carbocycles. The first kappa shape index (κ1) is 16.4. The summed E-state index contributed by atoms with van der Waals surface area (Å²) in [5.74, 6) is 1.54. The van der Waals surface area contributed by atoms with E-state index < -0.39 is 6.10 Å². The summed E-state index contributed by atoms with van der Waals surface area (Å²) in [7, 11) is 0. The van der Waals surface area contributed by atoms with E-state index in [2.05, 4.69) is 4.90 Å². The van der Waals surface area contributed by atoms with Gasteiger partial charge in [0.1, 0.15) is 5.76 Å². The number of amides is 1. The van der Waals surface area contributed by atoms with Gasteiger partial charge in [0.05, 0.1) is 12.4 Å².